The van der Waals surface area contributed by atoms with Crippen molar-refractivity contribution in [3.05, 3.63) is 97.1 Å². The Balaban J connectivity index is 1.97. The molecule has 0 radical (unpaired) electrons. The summed E-state index contributed by atoms with van der Waals surface area (Å²) in [4.78, 5) is 0. The molecule has 0 aliphatic heterocycles. The van der Waals surface area contributed by atoms with Crippen LogP contribution in [0.1, 0.15) is 0 Å². The molecule has 26 heavy (non-hydrogen) atoms. The zero-order valence-corrected chi connectivity index (χ0v) is 14.2. The van der Waals surface area contributed by atoms with E-state index in [1.54, 1.807) is 0 Å². The van der Waals surface area contributed by atoms with Crippen molar-refractivity contribution >= 4 is 32.3 Å². The van der Waals surface area contributed by atoms with Crippen LogP contribution < -0.4 is 0 Å². The second-order valence-corrected chi connectivity index (χ2v) is 7.04. The predicted molar refractivity (Wildman–Crippen MR) is 112 cm³/mol. The zero-order chi connectivity index (χ0) is 17.1. The van der Waals surface area contributed by atoms with E-state index in [4.69, 9.17) is 0 Å². The van der Waals surface area contributed by atoms with Gasteiger partial charge in [0.05, 0.1) is 0 Å². The first-order valence-corrected chi connectivity index (χ1v) is 9.04. The van der Waals surface area contributed by atoms with Gasteiger partial charge in [0.15, 0.2) is 0 Å². The molecule has 0 spiro atoms. The highest BCUT2D eigenvalue weighted by molar-refractivity contribution is 6.21. The Hall–Kier alpha value is -3.38. The molecular weight excluding hydrogens is 312 g/mol. The molecule has 0 unspecified atom stereocenters. The third kappa shape index (κ3) is 1.84. The Labute approximate surface area is 152 Å². The molecule has 5 aromatic rings. The van der Waals surface area contributed by atoms with Crippen LogP contribution in [0.5, 0.6) is 0 Å². The van der Waals surface area contributed by atoms with Crippen LogP contribution in [0.2, 0.25) is 0 Å². The van der Waals surface area contributed by atoms with Gasteiger partial charge in [0, 0.05) is 0 Å². The van der Waals surface area contributed by atoms with Crippen LogP contribution >= 0.6 is 0 Å². The molecule has 0 fully saturated rings. The highest BCUT2D eigenvalue weighted by Crippen LogP contribution is 2.50. The molecule has 0 heterocycles. The number of rotatable bonds is 0. The molecule has 1 aliphatic rings. The van der Waals surface area contributed by atoms with E-state index < -0.39 is 0 Å². The van der Waals surface area contributed by atoms with Crippen LogP contribution in [0.15, 0.2) is 97.1 Å². The Morgan fingerprint density at radius 2 is 0.846 bits per heavy atom. The lowest BCUT2D eigenvalue weighted by Gasteiger charge is -2.06. The third-order valence-corrected chi connectivity index (χ3v) is 5.51. The summed E-state index contributed by atoms with van der Waals surface area (Å²) < 4.78 is 0. The van der Waals surface area contributed by atoms with E-state index in [1.807, 2.05) is 0 Å². The minimum Gasteiger partial charge on any atom is -0.0611 e. The van der Waals surface area contributed by atoms with Gasteiger partial charge in [-0.05, 0) is 66.7 Å². The smallest absolute Gasteiger partial charge is 0.00199 e. The Kier molecular flexibility index (Phi) is 2.70. The third-order valence-electron chi connectivity index (χ3n) is 5.51. The average Bonchev–Trinajstić information content (AvgIpc) is 3.03. The standard InChI is InChI=1S/C26H16/c1-5-17-13-14-18-6-2-10-21(16-18)26-23-12-4-8-19-7-3-11-22(24(19)23)25(26)20(9-1)15-17/h1-16H. The van der Waals surface area contributed by atoms with Gasteiger partial charge in [-0.15, -0.1) is 0 Å². The van der Waals surface area contributed by atoms with Crippen LogP contribution in [0, 0.1) is 0 Å². The number of benzene rings is 4. The van der Waals surface area contributed by atoms with Crippen molar-refractivity contribution in [2.75, 3.05) is 0 Å². The second-order valence-electron chi connectivity index (χ2n) is 7.04. The maximum Gasteiger partial charge on any atom is -0.00199 e. The lowest BCUT2D eigenvalue weighted by Crippen LogP contribution is -1.79. The minimum absolute atomic E-state index is 1.24. The van der Waals surface area contributed by atoms with Gasteiger partial charge in [-0.1, -0.05) is 84.9 Å². The molecule has 0 aromatic heterocycles. The summed E-state index contributed by atoms with van der Waals surface area (Å²) in [6.07, 6.45) is 0. The van der Waals surface area contributed by atoms with E-state index in [2.05, 4.69) is 97.1 Å². The Bertz CT molecular complexity index is 1270. The molecule has 6 rings (SSSR count). The number of hydrogen-bond donors (Lipinski definition) is 0. The van der Waals surface area contributed by atoms with Crippen LogP contribution in [-0.4, -0.2) is 0 Å². The first kappa shape index (κ1) is 13.9. The summed E-state index contributed by atoms with van der Waals surface area (Å²) >= 11 is 0. The molecule has 0 nitrogen and oxygen atoms in total. The van der Waals surface area contributed by atoms with Gasteiger partial charge in [-0.3, -0.25) is 0 Å². The van der Waals surface area contributed by atoms with Gasteiger partial charge in [-0.2, -0.15) is 0 Å². The second kappa shape index (κ2) is 5.06. The van der Waals surface area contributed by atoms with E-state index in [0.717, 1.165) is 0 Å². The monoisotopic (exact) mass is 328 g/mol. The average molecular weight is 328 g/mol. The lowest BCUT2D eigenvalue weighted by atomic mass is 9.97. The van der Waals surface area contributed by atoms with Crippen LogP contribution in [0.3, 0.4) is 0 Å². The van der Waals surface area contributed by atoms with Crippen molar-refractivity contribution in [1.29, 1.82) is 0 Å². The maximum absolute atomic E-state index is 2.31. The molecule has 0 saturated heterocycles. The molecule has 0 N–H and O–H groups in total. The van der Waals surface area contributed by atoms with Gasteiger partial charge < -0.3 is 0 Å². The summed E-state index contributed by atoms with van der Waals surface area (Å²) in [6.45, 7) is 0. The topological polar surface area (TPSA) is 0 Å². The summed E-state index contributed by atoms with van der Waals surface area (Å²) in [5.41, 5.74) is 5.40. The predicted octanol–water partition coefficient (Wildman–Crippen LogP) is 7.36. The van der Waals surface area contributed by atoms with Gasteiger partial charge >= 0.3 is 0 Å². The lowest BCUT2D eigenvalue weighted by molar-refractivity contribution is 1.75. The van der Waals surface area contributed by atoms with Crippen LogP contribution in [0.25, 0.3) is 54.6 Å². The van der Waals surface area contributed by atoms with Gasteiger partial charge in [0.2, 0.25) is 0 Å². The summed E-state index contributed by atoms with van der Waals surface area (Å²) in [5, 5.41) is 7.75. The van der Waals surface area contributed by atoms with E-state index in [-0.39, 0.29) is 0 Å². The van der Waals surface area contributed by atoms with Gasteiger partial charge in [-0.25, -0.2) is 0 Å². The summed E-state index contributed by atoms with van der Waals surface area (Å²) in [7, 11) is 0. The molecule has 5 aromatic carbocycles. The Morgan fingerprint density at radius 1 is 0.385 bits per heavy atom. The van der Waals surface area contributed by atoms with Crippen molar-refractivity contribution < 1.29 is 0 Å². The van der Waals surface area contributed by atoms with E-state index >= 15 is 0 Å². The highest BCUT2D eigenvalue weighted by atomic mass is 14.2. The van der Waals surface area contributed by atoms with Crippen molar-refractivity contribution in [2.24, 2.45) is 0 Å². The molecule has 120 valence electrons. The van der Waals surface area contributed by atoms with Gasteiger partial charge in [0.1, 0.15) is 0 Å². The first-order valence-electron chi connectivity index (χ1n) is 9.04. The zero-order valence-electron chi connectivity index (χ0n) is 14.2. The fourth-order valence-corrected chi connectivity index (χ4v) is 4.41. The molecule has 4 bridgehead atoms. The normalized spacial score (nSPS) is 11.8. The van der Waals surface area contributed by atoms with E-state index in [1.165, 1.54) is 54.6 Å². The number of hydrogen-bond acceptors (Lipinski definition) is 0. The molecule has 0 heteroatoms. The fraction of sp³-hybridized carbons (Fsp3) is 0. The summed E-state index contributed by atoms with van der Waals surface area (Å²) in [6, 6.07) is 35.5. The molecule has 1 aliphatic carbocycles. The van der Waals surface area contributed by atoms with E-state index in [9.17, 15) is 0 Å². The van der Waals surface area contributed by atoms with Crippen molar-refractivity contribution in [3.63, 3.8) is 0 Å². The molecule has 0 amide bonds. The summed E-state index contributed by atoms with van der Waals surface area (Å²) in [5.74, 6) is 0. The fourth-order valence-electron chi connectivity index (χ4n) is 4.41. The van der Waals surface area contributed by atoms with Crippen LogP contribution in [-0.2, 0) is 0 Å². The van der Waals surface area contributed by atoms with Gasteiger partial charge in [0.25, 0.3) is 0 Å². The molecule has 0 saturated carbocycles. The quantitative estimate of drug-likeness (QED) is 0.273. The maximum atomic E-state index is 2.31. The van der Waals surface area contributed by atoms with Crippen LogP contribution in [0.4, 0.5) is 0 Å². The van der Waals surface area contributed by atoms with E-state index in [0.29, 0.717) is 0 Å². The minimum atomic E-state index is 1.24. The van der Waals surface area contributed by atoms with Crippen molar-refractivity contribution in [2.45, 2.75) is 0 Å². The molecular formula is C26H16. The largest absolute Gasteiger partial charge is 0.0611 e. The van der Waals surface area contributed by atoms with Crippen molar-refractivity contribution in [1.82, 2.24) is 0 Å². The number of fused-ring (bicyclic) bond motifs is 9. The first-order chi connectivity index (χ1) is 12.9. The SMILES string of the molecule is c1cc2ccc3cccc(c3)c3c(c(c1)c2)-c1cccc2cccc-3c12. The highest BCUT2D eigenvalue weighted by Gasteiger charge is 2.22. The van der Waals surface area contributed by atoms with Crippen molar-refractivity contribution in [3.8, 4) is 22.3 Å². The molecule has 0 atom stereocenters. The Morgan fingerprint density at radius 3 is 1.38 bits per heavy atom.